The first-order valence-electron chi connectivity index (χ1n) is 7.12. The Kier molecular flexibility index (Phi) is 4.34. The second-order valence-electron chi connectivity index (χ2n) is 4.97. The fourth-order valence-electron chi connectivity index (χ4n) is 2.25. The van der Waals surface area contributed by atoms with Crippen molar-refractivity contribution >= 4 is 5.69 Å². The smallest absolute Gasteiger partial charge is 0.271 e. The van der Waals surface area contributed by atoms with Crippen molar-refractivity contribution in [3.63, 3.8) is 0 Å². The molecule has 0 saturated heterocycles. The van der Waals surface area contributed by atoms with Gasteiger partial charge in [0.15, 0.2) is 0 Å². The molecule has 3 aromatic rings. The van der Waals surface area contributed by atoms with E-state index in [9.17, 15) is 10.1 Å². The lowest BCUT2D eigenvalue weighted by molar-refractivity contribution is -0.687. The molecule has 0 saturated carbocycles. The Morgan fingerprint density at radius 3 is 2.70 bits per heavy atom. The van der Waals surface area contributed by atoms with Gasteiger partial charge in [-0.3, -0.25) is 10.1 Å². The van der Waals surface area contributed by atoms with Crippen LogP contribution in [0.1, 0.15) is 11.4 Å². The van der Waals surface area contributed by atoms with E-state index in [1.807, 2.05) is 18.2 Å². The van der Waals surface area contributed by atoms with Gasteiger partial charge >= 0.3 is 0 Å². The summed E-state index contributed by atoms with van der Waals surface area (Å²) in [4.78, 5) is 10.4. The lowest BCUT2D eigenvalue weighted by Crippen LogP contribution is -2.81. The summed E-state index contributed by atoms with van der Waals surface area (Å²) in [6.45, 7) is 1.38. The number of rotatable bonds is 6. The largest absolute Gasteiger partial charge is 0.336 e. The number of hydrogen-bond acceptors (Lipinski definition) is 5. The molecule has 116 valence electrons. The molecule has 0 unspecified atom stereocenters. The summed E-state index contributed by atoms with van der Waals surface area (Å²) >= 11 is 0. The monoisotopic (exact) mass is 311 g/mol. The second kappa shape index (κ2) is 6.75. The molecule has 0 spiro atoms. The summed E-state index contributed by atoms with van der Waals surface area (Å²) in [5.74, 6) is 0.640. The highest BCUT2D eigenvalue weighted by Crippen LogP contribution is 2.16. The van der Waals surface area contributed by atoms with Gasteiger partial charge in [0.1, 0.15) is 13.1 Å². The number of nitrogens with two attached hydrogens (primary N) is 1. The van der Waals surface area contributed by atoms with Gasteiger partial charge in [0.2, 0.25) is 5.82 Å². The van der Waals surface area contributed by atoms with Crippen molar-refractivity contribution in [1.29, 1.82) is 0 Å². The third-order valence-electron chi connectivity index (χ3n) is 3.37. The quantitative estimate of drug-likeness (QED) is 0.536. The summed E-state index contributed by atoms with van der Waals surface area (Å²) in [5, 5.41) is 24.5. The molecule has 23 heavy (non-hydrogen) atoms. The first-order valence-corrected chi connectivity index (χ1v) is 7.12. The van der Waals surface area contributed by atoms with Crippen LogP contribution in [-0.2, 0) is 13.1 Å². The van der Waals surface area contributed by atoms with Crippen LogP contribution >= 0.6 is 0 Å². The maximum absolute atomic E-state index is 10.9. The van der Waals surface area contributed by atoms with Crippen molar-refractivity contribution in [1.82, 2.24) is 20.2 Å². The van der Waals surface area contributed by atoms with Gasteiger partial charge in [0.05, 0.1) is 10.6 Å². The van der Waals surface area contributed by atoms with Crippen molar-refractivity contribution in [2.45, 2.75) is 13.1 Å². The lowest BCUT2D eigenvalue weighted by Gasteiger charge is -2.04. The number of hydrogen-bond donors (Lipinski definition) is 1. The van der Waals surface area contributed by atoms with Crippen molar-refractivity contribution < 1.29 is 10.2 Å². The number of nitrogens with zero attached hydrogens (tertiary/aromatic N) is 5. The zero-order valence-electron chi connectivity index (χ0n) is 12.2. The van der Waals surface area contributed by atoms with Crippen LogP contribution in [0.2, 0.25) is 0 Å². The minimum absolute atomic E-state index is 0.0113. The highest BCUT2D eigenvalue weighted by molar-refractivity contribution is 5.42. The zero-order valence-corrected chi connectivity index (χ0v) is 12.2. The van der Waals surface area contributed by atoms with Gasteiger partial charge < -0.3 is 5.32 Å². The van der Waals surface area contributed by atoms with Crippen LogP contribution < -0.4 is 5.32 Å². The Morgan fingerprint density at radius 2 is 1.91 bits per heavy atom. The average Bonchev–Trinajstić information content (AvgIpc) is 3.04. The average molecular weight is 311 g/mol. The van der Waals surface area contributed by atoms with Crippen LogP contribution in [0.15, 0.2) is 54.6 Å². The normalized spacial score (nSPS) is 10.6. The number of nitro groups is 1. The molecular formula is C15H15N6O2+. The fraction of sp³-hybridized carbons (Fsp3) is 0.133. The summed E-state index contributed by atoms with van der Waals surface area (Å²) in [6.07, 6.45) is 0. The highest BCUT2D eigenvalue weighted by atomic mass is 16.6. The highest BCUT2D eigenvalue weighted by Gasteiger charge is 2.13. The molecule has 8 nitrogen and oxygen atoms in total. The van der Waals surface area contributed by atoms with Gasteiger partial charge in [-0.25, -0.2) is 0 Å². The molecule has 1 aromatic heterocycles. The number of aromatic nitrogens is 4. The number of nitro benzene ring substituents is 1. The van der Waals surface area contributed by atoms with E-state index >= 15 is 0 Å². The van der Waals surface area contributed by atoms with E-state index in [1.165, 1.54) is 22.4 Å². The molecule has 0 bridgehead atoms. The van der Waals surface area contributed by atoms with E-state index in [0.29, 0.717) is 18.1 Å². The Morgan fingerprint density at radius 1 is 1.09 bits per heavy atom. The molecule has 0 fully saturated rings. The van der Waals surface area contributed by atoms with Crippen LogP contribution in [0.3, 0.4) is 0 Å². The molecule has 0 aliphatic rings. The Labute approximate surface area is 131 Å². The van der Waals surface area contributed by atoms with Gasteiger partial charge in [-0.1, -0.05) is 36.4 Å². The summed E-state index contributed by atoms with van der Waals surface area (Å²) in [7, 11) is 0. The third-order valence-corrected chi connectivity index (χ3v) is 3.37. The van der Waals surface area contributed by atoms with Crippen LogP contribution in [0.4, 0.5) is 5.69 Å². The van der Waals surface area contributed by atoms with Crippen molar-refractivity contribution in [2.24, 2.45) is 0 Å². The number of tetrazole rings is 1. The zero-order chi connectivity index (χ0) is 16.1. The predicted molar refractivity (Wildman–Crippen MR) is 81.6 cm³/mol. The topological polar surface area (TPSA) is 103 Å². The first-order chi connectivity index (χ1) is 11.2. The standard InChI is InChI=1S/C15H14N6O2/c22-21(23)14-8-4-7-13(9-14)20-15(17-18-19-20)11-16-10-12-5-2-1-3-6-12/h1-9,16H,10-11H2/p+1. The first kappa shape index (κ1) is 14.8. The number of benzene rings is 2. The van der Waals surface area contributed by atoms with Gasteiger partial charge in [0, 0.05) is 17.7 Å². The van der Waals surface area contributed by atoms with E-state index in [4.69, 9.17) is 0 Å². The second-order valence-corrected chi connectivity index (χ2v) is 4.97. The number of non-ortho nitro benzene ring substituents is 1. The fourth-order valence-corrected chi connectivity index (χ4v) is 2.25. The molecule has 0 atom stereocenters. The van der Waals surface area contributed by atoms with Crippen molar-refractivity contribution in [2.75, 3.05) is 0 Å². The molecule has 0 radical (unpaired) electrons. The Hall–Kier alpha value is -3.13. The Balaban J connectivity index is 1.72. The van der Waals surface area contributed by atoms with E-state index in [1.54, 1.807) is 12.1 Å². The molecule has 2 aromatic carbocycles. The van der Waals surface area contributed by atoms with E-state index in [0.717, 1.165) is 6.54 Å². The Bertz CT molecular complexity index is 802. The minimum atomic E-state index is -0.435. The SMILES string of the molecule is O=[N+]([O-])c1cccc(-n2nnnc2C[NH2+]Cc2ccccc2)c1. The van der Waals surface area contributed by atoms with Crippen LogP contribution in [-0.4, -0.2) is 25.1 Å². The maximum atomic E-state index is 10.9. The van der Waals surface area contributed by atoms with E-state index in [-0.39, 0.29) is 5.69 Å². The van der Waals surface area contributed by atoms with E-state index in [2.05, 4.69) is 33.0 Å². The van der Waals surface area contributed by atoms with Gasteiger partial charge in [-0.05, 0) is 16.5 Å². The van der Waals surface area contributed by atoms with Crippen molar-refractivity contribution in [3.8, 4) is 5.69 Å². The van der Waals surface area contributed by atoms with Gasteiger partial charge in [0.25, 0.3) is 5.69 Å². The van der Waals surface area contributed by atoms with Crippen LogP contribution in [0.25, 0.3) is 5.69 Å². The van der Waals surface area contributed by atoms with Crippen LogP contribution in [0.5, 0.6) is 0 Å². The minimum Gasteiger partial charge on any atom is -0.336 e. The van der Waals surface area contributed by atoms with Crippen LogP contribution in [0, 0.1) is 10.1 Å². The maximum Gasteiger partial charge on any atom is 0.271 e. The summed E-state index contributed by atoms with van der Waals surface area (Å²) in [6, 6.07) is 16.3. The molecule has 3 rings (SSSR count). The third kappa shape index (κ3) is 3.55. The molecule has 2 N–H and O–H groups in total. The van der Waals surface area contributed by atoms with E-state index < -0.39 is 4.92 Å². The summed E-state index contributed by atoms with van der Waals surface area (Å²) in [5.41, 5.74) is 1.80. The molecule has 0 amide bonds. The molecular weight excluding hydrogens is 296 g/mol. The number of quaternary nitrogens is 1. The molecule has 0 aliphatic heterocycles. The van der Waals surface area contributed by atoms with Gasteiger partial charge in [-0.2, -0.15) is 4.68 Å². The molecule has 1 heterocycles. The molecule has 8 heteroatoms. The molecule has 0 aliphatic carbocycles. The summed E-state index contributed by atoms with van der Waals surface area (Å²) < 4.78 is 1.52. The van der Waals surface area contributed by atoms with Gasteiger partial charge in [-0.15, -0.1) is 5.10 Å². The predicted octanol–water partition coefficient (Wildman–Crippen LogP) is 0.834. The lowest BCUT2D eigenvalue weighted by atomic mass is 10.2. The van der Waals surface area contributed by atoms with Crippen molar-refractivity contribution in [3.05, 3.63) is 76.1 Å².